The number of aliphatic carboxylic acids is 2. The molecule has 0 aromatic rings. The topological polar surface area (TPSA) is 208 Å². The van der Waals surface area contributed by atoms with Gasteiger partial charge in [-0.2, -0.15) is 11.8 Å². The van der Waals surface area contributed by atoms with Crippen molar-refractivity contribution in [3.05, 3.63) is 0 Å². The Kier molecular flexibility index (Phi) is 12.8. The van der Waals surface area contributed by atoms with Crippen molar-refractivity contribution < 1.29 is 39.3 Å². The Morgan fingerprint density at radius 2 is 1.45 bits per heavy atom. The summed E-state index contributed by atoms with van der Waals surface area (Å²) in [5.41, 5.74) is 5.53. The van der Waals surface area contributed by atoms with Crippen molar-refractivity contribution >= 4 is 41.4 Å². The molecule has 13 heteroatoms. The number of nitrogens with two attached hydrogens (primary N) is 1. The number of rotatable bonds is 14. The summed E-state index contributed by atoms with van der Waals surface area (Å²) in [5.74, 6) is -5.01. The summed E-state index contributed by atoms with van der Waals surface area (Å²) in [7, 11) is 0. The van der Waals surface area contributed by atoms with Gasteiger partial charge in [-0.1, -0.05) is 13.8 Å². The molecule has 0 bridgehead atoms. The van der Waals surface area contributed by atoms with Gasteiger partial charge >= 0.3 is 11.9 Å². The molecule has 0 saturated heterocycles. The Morgan fingerprint density at radius 1 is 0.903 bits per heavy atom. The molecule has 0 rings (SSSR count). The van der Waals surface area contributed by atoms with Crippen LogP contribution >= 0.6 is 11.8 Å². The van der Waals surface area contributed by atoms with Crippen LogP contribution in [0.25, 0.3) is 0 Å². The summed E-state index contributed by atoms with van der Waals surface area (Å²) in [5, 5.41) is 34.5. The minimum atomic E-state index is -1.56. The molecule has 0 aromatic heterocycles. The third-order valence-corrected chi connectivity index (χ3v) is 4.91. The van der Waals surface area contributed by atoms with Gasteiger partial charge in [0.15, 0.2) is 6.04 Å². The number of nitrogens with one attached hydrogen (secondary N) is 3. The number of hydrogen-bond donors (Lipinski definition) is 7. The lowest BCUT2D eigenvalue weighted by Crippen LogP contribution is -2.59. The van der Waals surface area contributed by atoms with Crippen LogP contribution in [0.15, 0.2) is 0 Å². The molecule has 3 amide bonds. The maximum Gasteiger partial charge on any atom is 0.328 e. The summed E-state index contributed by atoms with van der Waals surface area (Å²) in [6.07, 6.45) is 0.000133. The Bertz CT molecular complexity index is 658. The van der Waals surface area contributed by atoms with E-state index in [1.165, 1.54) is 18.7 Å². The second kappa shape index (κ2) is 13.8. The Labute approximate surface area is 184 Å². The Morgan fingerprint density at radius 3 is 1.87 bits per heavy atom. The number of carboxylic acids is 2. The van der Waals surface area contributed by atoms with Gasteiger partial charge in [-0.15, -0.1) is 0 Å². The fourth-order valence-electron chi connectivity index (χ4n) is 2.48. The number of carbonyl (C=O) groups is 5. The SMILES string of the molecule is CSCCC(NC(=O)C(N)CC(=O)O)C(=O)NC(C(=O)NC(C(=O)O)C(C)O)C(C)C. The fourth-order valence-corrected chi connectivity index (χ4v) is 2.96. The van der Waals surface area contributed by atoms with E-state index in [0.717, 1.165) is 0 Å². The van der Waals surface area contributed by atoms with E-state index in [1.54, 1.807) is 20.1 Å². The highest BCUT2D eigenvalue weighted by atomic mass is 32.2. The van der Waals surface area contributed by atoms with Crippen molar-refractivity contribution in [1.29, 1.82) is 0 Å². The first-order valence-corrected chi connectivity index (χ1v) is 11.0. The fraction of sp³-hybridized carbons (Fsp3) is 0.722. The van der Waals surface area contributed by atoms with E-state index in [0.29, 0.717) is 5.75 Å². The maximum absolute atomic E-state index is 12.8. The van der Waals surface area contributed by atoms with Gasteiger partial charge in [0, 0.05) is 0 Å². The third kappa shape index (κ3) is 10.5. The molecule has 0 aliphatic heterocycles. The van der Waals surface area contributed by atoms with Crippen molar-refractivity contribution in [3.8, 4) is 0 Å². The van der Waals surface area contributed by atoms with E-state index in [4.69, 9.17) is 15.9 Å². The highest BCUT2D eigenvalue weighted by molar-refractivity contribution is 7.98. The number of amides is 3. The number of thioether (sulfide) groups is 1. The summed E-state index contributed by atoms with van der Waals surface area (Å²) in [4.78, 5) is 59.4. The number of aliphatic hydroxyl groups excluding tert-OH is 1. The lowest BCUT2D eigenvalue weighted by molar-refractivity contribution is -0.145. The molecule has 0 radical (unpaired) electrons. The largest absolute Gasteiger partial charge is 0.481 e. The molecule has 5 unspecified atom stereocenters. The van der Waals surface area contributed by atoms with Gasteiger partial charge in [-0.3, -0.25) is 19.2 Å². The average Bonchev–Trinajstić information content (AvgIpc) is 2.65. The van der Waals surface area contributed by atoms with Crippen LogP contribution in [-0.4, -0.2) is 87.3 Å². The van der Waals surface area contributed by atoms with E-state index < -0.39 is 72.3 Å². The van der Waals surface area contributed by atoms with Gasteiger partial charge in [-0.05, 0) is 31.3 Å². The maximum atomic E-state index is 12.8. The molecule has 0 saturated carbocycles. The molecule has 178 valence electrons. The van der Waals surface area contributed by atoms with Crippen molar-refractivity contribution in [2.75, 3.05) is 12.0 Å². The summed E-state index contributed by atoms with van der Waals surface area (Å²) >= 11 is 1.41. The molecule has 0 aliphatic carbocycles. The predicted molar refractivity (Wildman–Crippen MR) is 113 cm³/mol. The van der Waals surface area contributed by atoms with E-state index >= 15 is 0 Å². The van der Waals surface area contributed by atoms with E-state index in [1.807, 2.05) is 0 Å². The van der Waals surface area contributed by atoms with Gasteiger partial charge in [0.05, 0.1) is 18.6 Å². The Hall–Kier alpha value is -2.38. The summed E-state index contributed by atoms with van der Waals surface area (Å²) in [6, 6.07) is -5.14. The van der Waals surface area contributed by atoms with Gasteiger partial charge in [0.2, 0.25) is 17.7 Å². The van der Waals surface area contributed by atoms with Crippen LogP contribution < -0.4 is 21.7 Å². The van der Waals surface area contributed by atoms with Crippen LogP contribution in [0, 0.1) is 5.92 Å². The van der Waals surface area contributed by atoms with E-state index in [2.05, 4.69) is 16.0 Å². The number of aliphatic hydroxyl groups is 1. The van der Waals surface area contributed by atoms with Crippen LogP contribution in [0.5, 0.6) is 0 Å². The lowest BCUT2D eigenvalue weighted by atomic mass is 10.0. The zero-order chi connectivity index (χ0) is 24.3. The average molecular weight is 465 g/mol. The molecule has 12 nitrogen and oxygen atoms in total. The first kappa shape index (κ1) is 28.6. The monoisotopic (exact) mass is 464 g/mol. The normalized spacial score (nSPS) is 15.8. The smallest absolute Gasteiger partial charge is 0.328 e. The first-order valence-electron chi connectivity index (χ1n) is 9.60. The number of carboxylic acid groups (broad SMARTS) is 2. The van der Waals surface area contributed by atoms with Crippen LogP contribution in [0.3, 0.4) is 0 Å². The molecule has 0 heterocycles. The molecular formula is C18H32N4O8S. The second-order valence-electron chi connectivity index (χ2n) is 7.34. The third-order valence-electron chi connectivity index (χ3n) is 4.27. The molecule has 0 spiro atoms. The van der Waals surface area contributed by atoms with Gasteiger partial charge in [-0.25, -0.2) is 4.79 Å². The molecule has 8 N–H and O–H groups in total. The predicted octanol–water partition coefficient (Wildman–Crippen LogP) is -1.88. The van der Waals surface area contributed by atoms with Crippen molar-refractivity contribution in [2.45, 2.75) is 63.9 Å². The molecule has 0 aliphatic rings. The van der Waals surface area contributed by atoms with Crippen molar-refractivity contribution in [3.63, 3.8) is 0 Å². The molecule has 0 aromatic carbocycles. The number of carbonyl (C=O) groups excluding carboxylic acids is 3. The first-order chi connectivity index (χ1) is 14.3. The van der Waals surface area contributed by atoms with E-state index in [-0.39, 0.29) is 6.42 Å². The van der Waals surface area contributed by atoms with Gasteiger partial charge < -0.3 is 37.0 Å². The minimum Gasteiger partial charge on any atom is -0.481 e. The highest BCUT2D eigenvalue weighted by Gasteiger charge is 2.33. The van der Waals surface area contributed by atoms with Crippen molar-refractivity contribution in [1.82, 2.24) is 16.0 Å². The minimum absolute atomic E-state index is 0.191. The zero-order valence-electron chi connectivity index (χ0n) is 18.0. The zero-order valence-corrected chi connectivity index (χ0v) is 18.8. The highest BCUT2D eigenvalue weighted by Crippen LogP contribution is 2.07. The molecule has 0 fully saturated rings. The van der Waals surface area contributed by atoms with E-state index in [9.17, 15) is 29.1 Å². The standard InChI is InChI=1S/C18H32N4O8S/c1-8(2)13(17(28)22-14(9(3)23)18(29)30)21-16(27)11(5-6-31-4)20-15(26)10(19)7-12(24)25/h8-11,13-14,23H,5-7,19H2,1-4H3,(H,20,26)(H,21,27)(H,22,28)(H,24,25)(H,29,30). The van der Waals surface area contributed by atoms with Gasteiger partial charge in [0.25, 0.3) is 0 Å². The quantitative estimate of drug-likeness (QED) is 0.152. The van der Waals surface area contributed by atoms with Gasteiger partial charge in [0.1, 0.15) is 12.1 Å². The molecule has 31 heavy (non-hydrogen) atoms. The second-order valence-corrected chi connectivity index (χ2v) is 8.33. The van der Waals surface area contributed by atoms with Crippen LogP contribution in [0.2, 0.25) is 0 Å². The number of hydrogen-bond acceptors (Lipinski definition) is 8. The lowest BCUT2D eigenvalue weighted by Gasteiger charge is -2.27. The summed E-state index contributed by atoms with van der Waals surface area (Å²) in [6.45, 7) is 4.46. The molecule has 5 atom stereocenters. The Balaban J connectivity index is 5.38. The van der Waals surface area contributed by atoms with Crippen molar-refractivity contribution in [2.24, 2.45) is 11.7 Å². The summed E-state index contributed by atoms with van der Waals surface area (Å²) < 4.78 is 0. The van der Waals surface area contributed by atoms with Crippen LogP contribution in [-0.2, 0) is 24.0 Å². The molecular weight excluding hydrogens is 432 g/mol. The van der Waals surface area contributed by atoms with Crippen LogP contribution in [0.4, 0.5) is 0 Å². The van der Waals surface area contributed by atoms with Crippen LogP contribution in [0.1, 0.15) is 33.6 Å².